The monoisotopic (exact) mass is 127 g/mol. The Kier molecular flexibility index (Phi) is 1.14. The first-order valence-electron chi connectivity index (χ1n) is 2.32. The Morgan fingerprint density at radius 2 is 1.67 bits per heavy atom. The summed E-state index contributed by atoms with van der Waals surface area (Å²) in [5.74, 6) is -1.01. The Balaban J connectivity index is 3.25. The van der Waals surface area contributed by atoms with Crippen LogP contribution in [0.5, 0.6) is 11.8 Å². The molecule has 0 saturated heterocycles. The van der Waals surface area contributed by atoms with E-state index in [1.54, 1.807) is 0 Å². The number of hydrogen-bond donors (Lipinski definition) is 2. The van der Waals surface area contributed by atoms with Crippen LogP contribution in [0, 0.1) is 5.21 Å². The van der Waals surface area contributed by atoms with Crippen LogP contribution < -0.4 is 4.73 Å². The second-order valence-electron chi connectivity index (χ2n) is 1.54. The van der Waals surface area contributed by atoms with Gasteiger partial charge in [-0.25, -0.2) is 0 Å². The fraction of sp³-hybridized carbons (Fsp3) is 0. The molecule has 9 heavy (non-hydrogen) atoms. The third kappa shape index (κ3) is 0.861. The van der Waals surface area contributed by atoms with Gasteiger partial charge in [-0.3, -0.25) is 0 Å². The molecule has 4 heteroatoms. The minimum absolute atomic E-state index is 0.0278. The highest BCUT2D eigenvalue weighted by molar-refractivity contribution is 5.08. The van der Waals surface area contributed by atoms with Gasteiger partial charge in [0.1, 0.15) is 0 Å². The van der Waals surface area contributed by atoms with Crippen molar-refractivity contribution in [3.63, 3.8) is 0 Å². The minimum atomic E-state index is -0.505. The molecule has 0 bridgehead atoms. The molecule has 0 amide bonds. The average Bonchev–Trinajstić information content (AvgIpc) is 1.83. The SMILES string of the molecule is [O-][n+]1c(O)cccc1O. The molecule has 1 rings (SSSR count). The number of aromatic hydroxyl groups is 2. The van der Waals surface area contributed by atoms with Crippen molar-refractivity contribution < 1.29 is 14.9 Å². The van der Waals surface area contributed by atoms with Gasteiger partial charge in [-0.05, 0) is 6.07 Å². The Bertz CT molecular complexity index is 203. The van der Waals surface area contributed by atoms with Crippen molar-refractivity contribution in [2.75, 3.05) is 0 Å². The van der Waals surface area contributed by atoms with Gasteiger partial charge in [0, 0.05) is 0 Å². The topological polar surface area (TPSA) is 67.4 Å². The quantitative estimate of drug-likeness (QED) is 0.372. The molecule has 0 atom stereocenters. The fourth-order valence-electron chi connectivity index (χ4n) is 0.473. The maximum absolute atomic E-state index is 10.4. The summed E-state index contributed by atoms with van der Waals surface area (Å²) in [7, 11) is 0. The van der Waals surface area contributed by atoms with Gasteiger partial charge in [0.15, 0.2) is 0 Å². The predicted octanol–water partition coefficient (Wildman–Crippen LogP) is -0.269. The normalized spacial score (nSPS) is 9.33. The van der Waals surface area contributed by atoms with Gasteiger partial charge >= 0.3 is 11.8 Å². The molecule has 2 N–H and O–H groups in total. The maximum atomic E-state index is 10.4. The highest BCUT2D eigenvalue weighted by atomic mass is 16.5. The summed E-state index contributed by atoms with van der Waals surface area (Å²) >= 11 is 0. The van der Waals surface area contributed by atoms with Gasteiger partial charge in [0.05, 0.1) is 12.1 Å². The smallest absolute Gasteiger partial charge is 0.380 e. The minimum Gasteiger partial charge on any atom is -0.613 e. The van der Waals surface area contributed by atoms with E-state index in [0.29, 0.717) is 0 Å². The second kappa shape index (κ2) is 1.81. The van der Waals surface area contributed by atoms with Crippen molar-refractivity contribution in [1.82, 2.24) is 0 Å². The van der Waals surface area contributed by atoms with Gasteiger partial charge in [0.2, 0.25) is 0 Å². The Hall–Kier alpha value is -1.45. The van der Waals surface area contributed by atoms with Crippen LogP contribution in [0.4, 0.5) is 0 Å². The molecule has 1 aromatic rings. The molecule has 1 aromatic heterocycles. The Morgan fingerprint density at radius 3 is 2.00 bits per heavy atom. The van der Waals surface area contributed by atoms with E-state index in [-0.39, 0.29) is 4.73 Å². The van der Waals surface area contributed by atoms with Crippen LogP contribution in [-0.4, -0.2) is 10.2 Å². The zero-order valence-corrected chi connectivity index (χ0v) is 4.48. The van der Waals surface area contributed by atoms with E-state index in [4.69, 9.17) is 10.2 Å². The lowest BCUT2D eigenvalue weighted by Gasteiger charge is -1.97. The van der Waals surface area contributed by atoms with E-state index in [1.165, 1.54) is 18.2 Å². The van der Waals surface area contributed by atoms with Crippen LogP contribution in [-0.2, 0) is 0 Å². The average molecular weight is 127 g/mol. The van der Waals surface area contributed by atoms with Gasteiger partial charge in [-0.2, -0.15) is 0 Å². The van der Waals surface area contributed by atoms with Crippen molar-refractivity contribution in [3.8, 4) is 11.8 Å². The number of pyridine rings is 1. The largest absolute Gasteiger partial charge is 0.613 e. The summed E-state index contributed by atoms with van der Waals surface area (Å²) in [6, 6.07) is 3.75. The Morgan fingerprint density at radius 1 is 1.22 bits per heavy atom. The van der Waals surface area contributed by atoms with Crippen LogP contribution in [0.2, 0.25) is 0 Å². The molecule has 1 heterocycles. The first-order chi connectivity index (χ1) is 4.22. The molecule has 48 valence electrons. The lowest BCUT2D eigenvalue weighted by Crippen LogP contribution is -2.25. The number of nitrogens with zero attached hydrogens (tertiary/aromatic N) is 1. The fourth-order valence-corrected chi connectivity index (χ4v) is 0.473. The van der Waals surface area contributed by atoms with E-state index in [0.717, 1.165) is 0 Å². The van der Waals surface area contributed by atoms with Crippen molar-refractivity contribution >= 4 is 0 Å². The van der Waals surface area contributed by atoms with Crippen LogP contribution in [0.3, 0.4) is 0 Å². The standard InChI is InChI=1S/C5H5NO3/c7-4-2-1-3-5(8)6(4)9/h1-3,7-8H. The van der Waals surface area contributed by atoms with Gasteiger partial charge in [-0.15, -0.1) is 0 Å². The van der Waals surface area contributed by atoms with E-state index < -0.39 is 11.8 Å². The van der Waals surface area contributed by atoms with Gasteiger partial charge < -0.3 is 15.4 Å². The molecule has 0 fully saturated rings. The first kappa shape index (κ1) is 5.68. The van der Waals surface area contributed by atoms with Crippen molar-refractivity contribution in [2.45, 2.75) is 0 Å². The molecular weight excluding hydrogens is 122 g/mol. The third-order valence-electron chi connectivity index (χ3n) is 0.907. The van der Waals surface area contributed by atoms with Crippen LogP contribution in [0.1, 0.15) is 0 Å². The number of rotatable bonds is 0. The van der Waals surface area contributed by atoms with E-state index in [1.807, 2.05) is 0 Å². The molecule has 0 aliphatic carbocycles. The summed E-state index contributed by atoms with van der Waals surface area (Å²) in [6.45, 7) is 0. The number of aromatic nitrogens is 1. The molecule has 4 nitrogen and oxygen atoms in total. The van der Waals surface area contributed by atoms with Crippen LogP contribution in [0.15, 0.2) is 18.2 Å². The van der Waals surface area contributed by atoms with Crippen molar-refractivity contribution in [3.05, 3.63) is 23.4 Å². The molecule has 0 radical (unpaired) electrons. The summed E-state index contributed by atoms with van der Waals surface area (Å²) < 4.78 is 0.0278. The van der Waals surface area contributed by atoms with E-state index in [2.05, 4.69) is 0 Å². The van der Waals surface area contributed by atoms with Gasteiger partial charge in [0.25, 0.3) is 0 Å². The summed E-state index contributed by atoms with van der Waals surface area (Å²) in [6.07, 6.45) is 0. The lowest BCUT2D eigenvalue weighted by atomic mass is 10.5. The zero-order valence-electron chi connectivity index (χ0n) is 4.48. The molecule has 0 aromatic carbocycles. The van der Waals surface area contributed by atoms with Gasteiger partial charge in [-0.1, -0.05) is 4.73 Å². The van der Waals surface area contributed by atoms with E-state index >= 15 is 0 Å². The third-order valence-corrected chi connectivity index (χ3v) is 0.907. The zero-order chi connectivity index (χ0) is 6.85. The number of hydrogen-bond acceptors (Lipinski definition) is 3. The molecule has 0 spiro atoms. The van der Waals surface area contributed by atoms with Crippen LogP contribution in [0.25, 0.3) is 0 Å². The molecule has 0 unspecified atom stereocenters. The molecule has 0 aliphatic rings. The Labute approximate surface area is 51.2 Å². The highest BCUT2D eigenvalue weighted by Gasteiger charge is 2.04. The molecular formula is C5H5NO3. The predicted molar refractivity (Wildman–Crippen MR) is 28.7 cm³/mol. The van der Waals surface area contributed by atoms with E-state index in [9.17, 15) is 5.21 Å². The summed E-state index contributed by atoms with van der Waals surface area (Å²) in [5.41, 5.74) is 0. The lowest BCUT2D eigenvalue weighted by molar-refractivity contribution is -0.621. The summed E-state index contributed by atoms with van der Waals surface area (Å²) in [4.78, 5) is 0. The van der Waals surface area contributed by atoms with Crippen molar-refractivity contribution in [1.29, 1.82) is 0 Å². The maximum Gasteiger partial charge on any atom is 0.380 e. The second-order valence-corrected chi connectivity index (χ2v) is 1.54. The summed E-state index contributed by atoms with van der Waals surface area (Å²) in [5, 5.41) is 27.6. The molecule has 0 aliphatic heterocycles. The molecule has 0 saturated carbocycles. The first-order valence-corrected chi connectivity index (χ1v) is 2.32. The van der Waals surface area contributed by atoms with Crippen LogP contribution >= 0.6 is 0 Å². The highest BCUT2D eigenvalue weighted by Crippen LogP contribution is 2.05. The van der Waals surface area contributed by atoms with Crippen molar-refractivity contribution in [2.24, 2.45) is 0 Å².